The van der Waals surface area contributed by atoms with Gasteiger partial charge < -0.3 is 19.6 Å². The van der Waals surface area contributed by atoms with Crippen LogP contribution < -0.4 is 0 Å². The zero-order chi connectivity index (χ0) is 23.5. The first-order chi connectivity index (χ1) is 15.9. The van der Waals surface area contributed by atoms with Gasteiger partial charge in [-0.3, -0.25) is 14.6 Å². The quantitative estimate of drug-likeness (QED) is 0.415. The monoisotopic (exact) mass is 469 g/mol. The van der Waals surface area contributed by atoms with Crippen molar-refractivity contribution in [3.05, 3.63) is 70.5 Å². The van der Waals surface area contributed by atoms with Crippen LogP contribution in [-0.2, 0) is 14.3 Å². The van der Waals surface area contributed by atoms with E-state index in [0.29, 0.717) is 42.2 Å². The summed E-state index contributed by atoms with van der Waals surface area (Å²) in [5, 5.41) is 11.5. The summed E-state index contributed by atoms with van der Waals surface area (Å²) < 4.78 is 5.07. The van der Waals surface area contributed by atoms with E-state index in [0.717, 1.165) is 0 Å². The van der Waals surface area contributed by atoms with E-state index in [1.165, 1.54) is 4.90 Å². The lowest BCUT2D eigenvalue weighted by molar-refractivity contribution is -0.142. The lowest BCUT2D eigenvalue weighted by atomic mass is 9.96. The number of amides is 2. The number of aliphatic hydroxyl groups is 1. The molecule has 2 fully saturated rings. The van der Waals surface area contributed by atoms with Crippen LogP contribution in [0.1, 0.15) is 37.1 Å². The highest BCUT2D eigenvalue weighted by molar-refractivity contribution is 6.46. The second-order valence-corrected chi connectivity index (χ2v) is 8.32. The largest absolute Gasteiger partial charge is 0.507 e. The first-order valence-electron chi connectivity index (χ1n) is 10.8. The van der Waals surface area contributed by atoms with Gasteiger partial charge in [0.1, 0.15) is 11.8 Å². The molecule has 172 valence electrons. The minimum absolute atomic E-state index is 0.00570. The van der Waals surface area contributed by atoms with Crippen LogP contribution in [0.2, 0.25) is 5.02 Å². The van der Waals surface area contributed by atoms with Gasteiger partial charge in [-0.15, -0.1) is 0 Å². The van der Waals surface area contributed by atoms with E-state index in [1.807, 2.05) is 0 Å². The number of hydrogen-bond acceptors (Lipinski definition) is 6. The molecule has 3 heterocycles. The summed E-state index contributed by atoms with van der Waals surface area (Å²) in [5.41, 5.74) is 0.865. The van der Waals surface area contributed by atoms with Gasteiger partial charge in [0.2, 0.25) is 0 Å². The normalized spacial score (nSPS) is 20.8. The molecule has 0 spiro atoms. The summed E-state index contributed by atoms with van der Waals surface area (Å²) in [5.74, 6) is -1.71. The number of carbonyl (C=O) groups excluding carboxylic acids is 3. The Morgan fingerprint density at radius 2 is 1.85 bits per heavy atom. The number of ketones is 1. The van der Waals surface area contributed by atoms with E-state index < -0.39 is 17.7 Å². The Morgan fingerprint density at radius 3 is 2.45 bits per heavy atom. The topological polar surface area (TPSA) is 100 Å². The van der Waals surface area contributed by atoms with Crippen LogP contribution in [0.15, 0.2) is 54.2 Å². The van der Waals surface area contributed by atoms with Crippen LogP contribution in [-0.4, -0.2) is 63.4 Å². The van der Waals surface area contributed by atoms with Gasteiger partial charge in [-0.25, -0.2) is 4.79 Å². The molecular weight excluding hydrogens is 446 g/mol. The van der Waals surface area contributed by atoms with Crippen LogP contribution in [0.25, 0.3) is 5.76 Å². The summed E-state index contributed by atoms with van der Waals surface area (Å²) in [6.07, 6.45) is 2.16. The lowest BCUT2D eigenvalue weighted by Gasteiger charge is -2.38. The van der Waals surface area contributed by atoms with E-state index in [9.17, 15) is 19.5 Å². The minimum Gasteiger partial charge on any atom is -0.507 e. The summed E-state index contributed by atoms with van der Waals surface area (Å²) in [7, 11) is 0. The predicted molar refractivity (Wildman–Crippen MR) is 121 cm³/mol. The number of likely N-dealkylation sites (tertiary alicyclic amines) is 2. The van der Waals surface area contributed by atoms with Gasteiger partial charge in [-0.1, -0.05) is 17.7 Å². The molecule has 1 unspecified atom stereocenters. The van der Waals surface area contributed by atoms with Crippen molar-refractivity contribution in [3.8, 4) is 0 Å². The van der Waals surface area contributed by atoms with Crippen molar-refractivity contribution >= 4 is 35.1 Å². The smallest absolute Gasteiger partial charge is 0.409 e. The summed E-state index contributed by atoms with van der Waals surface area (Å²) in [6.45, 7) is 2.84. The molecule has 0 radical (unpaired) electrons. The molecule has 1 atom stereocenters. The van der Waals surface area contributed by atoms with Crippen molar-refractivity contribution in [1.82, 2.24) is 14.8 Å². The second-order valence-electron chi connectivity index (χ2n) is 7.89. The first-order valence-corrected chi connectivity index (χ1v) is 11.2. The van der Waals surface area contributed by atoms with Gasteiger partial charge in [0, 0.05) is 35.9 Å². The number of ether oxygens (including phenoxy) is 1. The number of benzene rings is 1. The molecule has 2 aromatic rings. The van der Waals surface area contributed by atoms with Gasteiger partial charge in [0.25, 0.3) is 11.7 Å². The summed E-state index contributed by atoms with van der Waals surface area (Å²) in [4.78, 5) is 45.9. The molecule has 1 aromatic heterocycles. The average molecular weight is 470 g/mol. The summed E-state index contributed by atoms with van der Waals surface area (Å²) >= 11 is 5.96. The Kier molecular flexibility index (Phi) is 6.65. The number of pyridine rings is 1. The fraction of sp³-hybridized carbons (Fsp3) is 0.333. The molecule has 1 N–H and O–H groups in total. The van der Waals surface area contributed by atoms with Crippen LogP contribution >= 0.6 is 11.6 Å². The molecule has 0 aliphatic carbocycles. The SMILES string of the molecule is CCOC(=O)N1CCC(N2C(=O)C(=O)/C(=C(/O)c3ccc(Cl)cc3)C2c2ccccn2)CC1. The van der Waals surface area contributed by atoms with Crippen molar-refractivity contribution in [2.45, 2.75) is 31.8 Å². The third kappa shape index (κ3) is 4.43. The zero-order valence-electron chi connectivity index (χ0n) is 18.1. The minimum atomic E-state index is -0.832. The molecule has 2 saturated heterocycles. The molecule has 33 heavy (non-hydrogen) atoms. The Balaban J connectivity index is 1.71. The molecule has 0 bridgehead atoms. The molecule has 4 rings (SSSR count). The van der Waals surface area contributed by atoms with Crippen molar-refractivity contribution in [2.75, 3.05) is 19.7 Å². The highest BCUT2D eigenvalue weighted by Gasteiger charge is 2.50. The standard InChI is InChI=1S/C24H24ClN3O5/c1-2-33-24(32)27-13-10-17(11-14-27)28-20(18-5-3-4-12-26-18)19(22(30)23(28)31)21(29)15-6-8-16(25)9-7-15/h3-9,12,17,20,29H,2,10-11,13-14H2,1H3/b21-19+. The Bertz CT molecular complexity index is 1080. The van der Waals surface area contributed by atoms with E-state index in [1.54, 1.807) is 60.5 Å². The number of piperidine rings is 1. The van der Waals surface area contributed by atoms with Crippen molar-refractivity contribution in [1.29, 1.82) is 0 Å². The molecule has 8 nitrogen and oxygen atoms in total. The second kappa shape index (κ2) is 9.62. The van der Waals surface area contributed by atoms with Crippen LogP contribution in [0.4, 0.5) is 4.79 Å². The number of Topliss-reactive ketones (excluding diaryl/α,β-unsaturated/α-hetero) is 1. The number of rotatable bonds is 4. The van der Waals surface area contributed by atoms with Crippen LogP contribution in [0.5, 0.6) is 0 Å². The number of nitrogens with zero attached hydrogens (tertiary/aromatic N) is 3. The molecule has 2 aliphatic heterocycles. The molecule has 2 amide bonds. The summed E-state index contributed by atoms with van der Waals surface area (Å²) in [6, 6.07) is 10.5. The number of halogens is 1. The number of aromatic nitrogens is 1. The Hall–Kier alpha value is -3.39. The maximum atomic E-state index is 13.2. The van der Waals surface area contributed by atoms with Crippen LogP contribution in [0.3, 0.4) is 0 Å². The molecule has 9 heteroatoms. The van der Waals surface area contributed by atoms with Crippen molar-refractivity contribution in [3.63, 3.8) is 0 Å². The number of hydrogen-bond donors (Lipinski definition) is 1. The van der Waals surface area contributed by atoms with E-state index in [-0.39, 0.29) is 30.1 Å². The molecule has 2 aliphatic rings. The predicted octanol–water partition coefficient (Wildman–Crippen LogP) is 3.78. The number of carbonyl (C=O) groups is 3. The van der Waals surface area contributed by atoms with Gasteiger partial charge >= 0.3 is 6.09 Å². The van der Waals surface area contributed by atoms with Gasteiger partial charge in [-0.2, -0.15) is 0 Å². The third-order valence-corrected chi connectivity index (χ3v) is 6.20. The highest BCUT2D eigenvalue weighted by atomic mass is 35.5. The molecular formula is C24H24ClN3O5. The van der Waals surface area contributed by atoms with Gasteiger partial charge in [-0.05, 0) is 56.2 Å². The molecule has 1 aromatic carbocycles. The first kappa shape index (κ1) is 22.8. The third-order valence-electron chi connectivity index (χ3n) is 5.95. The molecule has 0 saturated carbocycles. The van der Waals surface area contributed by atoms with E-state index in [2.05, 4.69) is 4.98 Å². The fourth-order valence-electron chi connectivity index (χ4n) is 4.36. The van der Waals surface area contributed by atoms with E-state index >= 15 is 0 Å². The fourth-order valence-corrected chi connectivity index (χ4v) is 4.49. The van der Waals surface area contributed by atoms with Crippen molar-refractivity contribution in [2.24, 2.45) is 0 Å². The number of aliphatic hydroxyl groups excluding tert-OH is 1. The van der Waals surface area contributed by atoms with Gasteiger partial charge in [0.15, 0.2) is 0 Å². The van der Waals surface area contributed by atoms with Crippen LogP contribution in [0, 0.1) is 0 Å². The Morgan fingerprint density at radius 1 is 1.15 bits per heavy atom. The lowest BCUT2D eigenvalue weighted by Crippen LogP contribution is -2.48. The zero-order valence-corrected chi connectivity index (χ0v) is 18.9. The Labute approximate surface area is 196 Å². The average Bonchev–Trinajstić information content (AvgIpc) is 3.10. The highest BCUT2D eigenvalue weighted by Crippen LogP contribution is 2.41. The van der Waals surface area contributed by atoms with Gasteiger partial charge in [0.05, 0.1) is 17.9 Å². The maximum Gasteiger partial charge on any atom is 0.409 e. The van der Waals surface area contributed by atoms with E-state index in [4.69, 9.17) is 16.3 Å². The van der Waals surface area contributed by atoms with Crippen molar-refractivity contribution < 1.29 is 24.2 Å². The maximum absolute atomic E-state index is 13.2.